The zero-order valence-electron chi connectivity index (χ0n) is 23.7. The van der Waals surface area contributed by atoms with Crippen LogP contribution in [0.4, 0.5) is 11.4 Å². The van der Waals surface area contributed by atoms with Crippen LogP contribution in [-0.4, -0.2) is 54.9 Å². The molecule has 0 unspecified atom stereocenters. The summed E-state index contributed by atoms with van der Waals surface area (Å²) in [6, 6.07) is 20.8. The van der Waals surface area contributed by atoms with Gasteiger partial charge in [0.2, 0.25) is 21.8 Å². The average molecular weight is 581 g/mol. The molecule has 0 heterocycles. The zero-order chi connectivity index (χ0) is 30.2. The van der Waals surface area contributed by atoms with Crippen LogP contribution in [0.25, 0.3) is 0 Å². The molecule has 41 heavy (non-hydrogen) atoms. The van der Waals surface area contributed by atoms with Gasteiger partial charge in [-0.25, -0.2) is 8.42 Å². The van der Waals surface area contributed by atoms with Crippen LogP contribution in [0, 0.1) is 17.0 Å². The third kappa shape index (κ3) is 8.87. The van der Waals surface area contributed by atoms with Crippen molar-refractivity contribution in [3.63, 3.8) is 0 Å². The molecule has 1 N–H and O–H groups in total. The molecule has 11 heteroatoms. The minimum Gasteiger partial charge on any atom is -0.352 e. The number of nitrogens with one attached hydrogen (secondary N) is 1. The maximum Gasteiger partial charge on any atom is 0.271 e. The molecule has 0 fully saturated rings. The molecule has 0 aliphatic heterocycles. The Balaban J connectivity index is 2.08. The van der Waals surface area contributed by atoms with E-state index in [-0.39, 0.29) is 36.3 Å². The number of rotatable bonds is 13. The summed E-state index contributed by atoms with van der Waals surface area (Å²) in [6.45, 7) is 5.14. The average Bonchev–Trinajstić information content (AvgIpc) is 2.93. The lowest BCUT2D eigenvalue weighted by Crippen LogP contribution is -2.54. The lowest BCUT2D eigenvalue weighted by atomic mass is 10.0. The summed E-state index contributed by atoms with van der Waals surface area (Å²) in [4.78, 5) is 39.9. The molecule has 0 aliphatic rings. The Hall–Kier alpha value is -4.25. The number of anilines is 1. The van der Waals surface area contributed by atoms with Gasteiger partial charge in [-0.3, -0.25) is 24.0 Å². The maximum atomic E-state index is 14.1. The third-order valence-corrected chi connectivity index (χ3v) is 7.86. The number of benzene rings is 3. The van der Waals surface area contributed by atoms with Gasteiger partial charge in [0.15, 0.2) is 0 Å². The summed E-state index contributed by atoms with van der Waals surface area (Å²) in [5.74, 6) is -0.978. The van der Waals surface area contributed by atoms with Gasteiger partial charge in [-0.1, -0.05) is 73.2 Å². The highest BCUT2D eigenvalue weighted by atomic mass is 32.2. The van der Waals surface area contributed by atoms with Crippen LogP contribution in [0.1, 0.15) is 37.0 Å². The van der Waals surface area contributed by atoms with Gasteiger partial charge in [0.25, 0.3) is 5.69 Å². The Morgan fingerprint density at radius 1 is 0.976 bits per heavy atom. The van der Waals surface area contributed by atoms with E-state index in [2.05, 4.69) is 5.32 Å². The molecule has 0 saturated heterocycles. The number of carbonyl (C=O) groups is 2. The topological polar surface area (TPSA) is 130 Å². The molecule has 0 radical (unpaired) electrons. The molecule has 0 spiro atoms. The van der Waals surface area contributed by atoms with E-state index in [4.69, 9.17) is 0 Å². The quantitative estimate of drug-likeness (QED) is 0.238. The van der Waals surface area contributed by atoms with Crippen LogP contribution in [0.2, 0.25) is 0 Å². The van der Waals surface area contributed by atoms with Crippen molar-refractivity contribution in [1.82, 2.24) is 10.2 Å². The number of nitro groups is 1. The Labute approximate surface area is 241 Å². The lowest BCUT2D eigenvalue weighted by Gasteiger charge is -2.34. The van der Waals surface area contributed by atoms with Crippen LogP contribution < -0.4 is 9.62 Å². The van der Waals surface area contributed by atoms with Crippen LogP contribution in [0.15, 0.2) is 78.9 Å². The minimum atomic E-state index is -4.03. The predicted molar refractivity (Wildman–Crippen MR) is 159 cm³/mol. The monoisotopic (exact) mass is 580 g/mol. The smallest absolute Gasteiger partial charge is 0.271 e. The molecule has 0 saturated carbocycles. The fourth-order valence-electron chi connectivity index (χ4n) is 4.38. The van der Waals surface area contributed by atoms with Gasteiger partial charge < -0.3 is 10.2 Å². The van der Waals surface area contributed by atoms with Gasteiger partial charge in [0.05, 0.1) is 16.9 Å². The number of nitrogens with zero attached hydrogens (tertiary/aromatic N) is 3. The van der Waals surface area contributed by atoms with E-state index in [1.165, 1.54) is 23.1 Å². The number of amides is 2. The number of nitro benzene ring substituents is 1. The summed E-state index contributed by atoms with van der Waals surface area (Å²) in [7, 11) is -4.03. The van der Waals surface area contributed by atoms with Crippen molar-refractivity contribution < 1.29 is 22.9 Å². The second kappa shape index (κ2) is 13.9. The van der Waals surface area contributed by atoms with E-state index in [1.54, 1.807) is 0 Å². The highest BCUT2D eigenvalue weighted by Crippen LogP contribution is 2.24. The standard InChI is InChI=1S/C30H36N4O6S/c1-5-23(3)31-30(36)28(18-24-12-7-6-8-13-24)32(20-25-14-9-11-22(2)17-25)29(35)21-33(41(4,39)40)26-15-10-16-27(19-26)34(37)38/h6-17,19,23,28H,5,18,20-21H2,1-4H3,(H,31,36)/t23-,28-/m0/s1. The van der Waals surface area contributed by atoms with E-state index in [1.807, 2.05) is 75.4 Å². The molecule has 10 nitrogen and oxygen atoms in total. The Morgan fingerprint density at radius 2 is 1.63 bits per heavy atom. The highest BCUT2D eigenvalue weighted by Gasteiger charge is 2.33. The van der Waals surface area contributed by atoms with Crippen molar-refractivity contribution in [2.45, 2.75) is 52.2 Å². The van der Waals surface area contributed by atoms with Crippen LogP contribution >= 0.6 is 0 Å². The minimum absolute atomic E-state index is 0.0192. The maximum absolute atomic E-state index is 14.1. The fourth-order valence-corrected chi connectivity index (χ4v) is 5.22. The number of aryl methyl sites for hydroxylation is 1. The summed E-state index contributed by atoms with van der Waals surface area (Å²) >= 11 is 0. The Bertz CT molecular complexity index is 1480. The molecular formula is C30H36N4O6S. The van der Waals surface area contributed by atoms with Crippen molar-refractivity contribution in [3.8, 4) is 0 Å². The first-order chi connectivity index (χ1) is 19.4. The van der Waals surface area contributed by atoms with Crippen molar-refractivity contribution >= 4 is 33.2 Å². The van der Waals surface area contributed by atoms with Crippen molar-refractivity contribution in [2.24, 2.45) is 0 Å². The lowest BCUT2D eigenvalue weighted by molar-refractivity contribution is -0.384. The molecule has 3 rings (SSSR count). The van der Waals surface area contributed by atoms with Crippen molar-refractivity contribution in [1.29, 1.82) is 0 Å². The normalized spacial score (nSPS) is 12.7. The molecular weight excluding hydrogens is 544 g/mol. The molecule has 0 bridgehead atoms. The van der Waals surface area contributed by atoms with E-state index < -0.39 is 33.4 Å². The fraction of sp³-hybridized carbons (Fsp3) is 0.333. The summed E-state index contributed by atoms with van der Waals surface area (Å²) in [5.41, 5.74) is 2.24. The van der Waals surface area contributed by atoms with Crippen molar-refractivity contribution in [2.75, 3.05) is 17.1 Å². The third-order valence-electron chi connectivity index (χ3n) is 6.72. The molecule has 2 amide bonds. The number of carbonyl (C=O) groups excluding carboxylic acids is 2. The molecule has 3 aromatic rings. The predicted octanol–water partition coefficient (Wildman–Crippen LogP) is 4.22. The van der Waals surface area contributed by atoms with Crippen LogP contribution in [0.3, 0.4) is 0 Å². The Kier molecular flexibility index (Phi) is 10.6. The highest BCUT2D eigenvalue weighted by molar-refractivity contribution is 7.92. The second-order valence-corrected chi connectivity index (χ2v) is 12.0. The van der Waals surface area contributed by atoms with E-state index in [9.17, 15) is 28.1 Å². The summed E-state index contributed by atoms with van der Waals surface area (Å²) in [5, 5.41) is 14.3. The second-order valence-electron chi connectivity index (χ2n) is 10.1. The van der Waals surface area contributed by atoms with E-state index in [0.29, 0.717) is 6.42 Å². The van der Waals surface area contributed by atoms with Gasteiger partial charge in [0, 0.05) is 31.1 Å². The van der Waals surface area contributed by atoms with Crippen LogP contribution in [0.5, 0.6) is 0 Å². The van der Waals surface area contributed by atoms with E-state index >= 15 is 0 Å². The number of non-ortho nitro benzene ring substituents is 1. The van der Waals surface area contributed by atoms with Crippen LogP contribution in [-0.2, 0) is 32.6 Å². The molecule has 0 aromatic heterocycles. The molecule has 2 atom stereocenters. The van der Waals surface area contributed by atoms with Gasteiger partial charge in [-0.05, 0) is 37.5 Å². The Morgan fingerprint density at radius 3 is 2.24 bits per heavy atom. The summed E-state index contributed by atoms with van der Waals surface area (Å²) in [6.07, 6.45) is 1.82. The summed E-state index contributed by atoms with van der Waals surface area (Å²) < 4.78 is 26.5. The first-order valence-corrected chi connectivity index (χ1v) is 15.1. The van der Waals surface area contributed by atoms with Gasteiger partial charge in [-0.15, -0.1) is 0 Å². The SMILES string of the molecule is CC[C@H](C)NC(=O)[C@H](Cc1ccccc1)N(Cc1cccc(C)c1)C(=O)CN(c1cccc([N+](=O)[O-])c1)S(C)(=O)=O. The number of hydrogen-bond donors (Lipinski definition) is 1. The van der Waals surface area contributed by atoms with Gasteiger partial charge in [0.1, 0.15) is 12.6 Å². The number of hydrogen-bond acceptors (Lipinski definition) is 6. The first-order valence-electron chi connectivity index (χ1n) is 13.3. The molecule has 0 aliphatic carbocycles. The largest absolute Gasteiger partial charge is 0.352 e. The van der Waals surface area contributed by atoms with E-state index in [0.717, 1.165) is 33.3 Å². The zero-order valence-corrected chi connectivity index (χ0v) is 24.5. The van der Waals surface area contributed by atoms with Gasteiger partial charge in [-0.2, -0.15) is 0 Å². The van der Waals surface area contributed by atoms with Crippen molar-refractivity contribution in [3.05, 3.63) is 106 Å². The molecule has 3 aromatic carbocycles. The number of sulfonamides is 1. The first kappa shape index (κ1) is 31.3. The molecule has 218 valence electrons. The van der Waals surface area contributed by atoms with Gasteiger partial charge >= 0.3 is 0 Å².